The summed E-state index contributed by atoms with van der Waals surface area (Å²) in [5.41, 5.74) is -0.0605. The number of esters is 1. The molecule has 1 aromatic carbocycles. The lowest BCUT2D eigenvalue weighted by molar-refractivity contribution is -0.145. The van der Waals surface area contributed by atoms with E-state index in [0.717, 1.165) is 29.7 Å². The summed E-state index contributed by atoms with van der Waals surface area (Å²) in [6.45, 7) is 1.52. The second-order valence-corrected chi connectivity index (χ2v) is 7.77. The summed E-state index contributed by atoms with van der Waals surface area (Å²) in [6, 6.07) is 7.75. The average Bonchev–Trinajstić information content (AvgIpc) is 2.95. The van der Waals surface area contributed by atoms with Crippen molar-refractivity contribution >= 4 is 23.8 Å². The van der Waals surface area contributed by atoms with Gasteiger partial charge in [0.15, 0.2) is 0 Å². The number of benzene rings is 1. The molecule has 4 amide bonds. The molecule has 0 unspecified atom stereocenters. The topological polar surface area (TPSA) is 105 Å². The Morgan fingerprint density at radius 3 is 2.66 bits per heavy atom. The van der Waals surface area contributed by atoms with Crippen molar-refractivity contribution in [2.45, 2.75) is 50.6 Å². The van der Waals surface area contributed by atoms with Gasteiger partial charge in [0.05, 0.1) is 7.11 Å². The van der Waals surface area contributed by atoms with Crippen molar-refractivity contribution < 1.29 is 23.9 Å². The van der Waals surface area contributed by atoms with E-state index in [4.69, 9.17) is 4.74 Å². The van der Waals surface area contributed by atoms with E-state index in [1.54, 1.807) is 0 Å². The predicted molar refractivity (Wildman–Crippen MR) is 105 cm³/mol. The van der Waals surface area contributed by atoms with Crippen LogP contribution in [0.3, 0.4) is 0 Å². The molecule has 0 aromatic heterocycles. The molecular formula is C21H27N3O5. The monoisotopic (exact) mass is 401 g/mol. The number of carbonyl (C=O) groups excluding carboxylic acids is 4. The summed E-state index contributed by atoms with van der Waals surface area (Å²) < 4.78 is 4.79. The van der Waals surface area contributed by atoms with Crippen LogP contribution < -0.4 is 10.6 Å². The Bertz CT molecular complexity index is 797. The van der Waals surface area contributed by atoms with Crippen LogP contribution in [0.5, 0.6) is 0 Å². The number of hydrogen-bond acceptors (Lipinski definition) is 5. The molecule has 1 heterocycles. The van der Waals surface area contributed by atoms with Gasteiger partial charge < -0.3 is 15.4 Å². The average molecular weight is 401 g/mol. The van der Waals surface area contributed by atoms with Crippen LogP contribution in [-0.4, -0.2) is 54.0 Å². The molecular weight excluding hydrogens is 374 g/mol. The van der Waals surface area contributed by atoms with Crippen LogP contribution in [0.1, 0.15) is 38.2 Å². The highest BCUT2D eigenvalue weighted by molar-refractivity contribution is 6.09. The second kappa shape index (κ2) is 8.63. The molecule has 2 aliphatic rings. The zero-order valence-electron chi connectivity index (χ0n) is 16.8. The van der Waals surface area contributed by atoms with Crippen molar-refractivity contribution in [3.8, 4) is 0 Å². The minimum absolute atomic E-state index is 0.0154. The summed E-state index contributed by atoms with van der Waals surface area (Å²) in [4.78, 5) is 51.0. The van der Waals surface area contributed by atoms with Crippen molar-refractivity contribution in [3.63, 3.8) is 0 Å². The molecule has 1 aliphatic heterocycles. The van der Waals surface area contributed by atoms with Gasteiger partial charge in [0.2, 0.25) is 5.91 Å². The maximum absolute atomic E-state index is 13.0. The normalized spacial score (nSPS) is 24.9. The van der Waals surface area contributed by atoms with Gasteiger partial charge in [-0.2, -0.15) is 0 Å². The Hall–Kier alpha value is -2.90. The number of nitrogens with one attached hydrogen (secondary N) is 2. The Labute approximate surface area is 170 Å². The number of nitrogens with zero attached hydrogens (tertiary/aromatic N) is 1. The summed E-state index contributed by atoms with van der Waals surface area (Å²) in [5.74, 6) is -1.51. The molecule has 8 heteroatoms. The number of rotatable bonds is 6. The van der Waals surface area contributed by atoms with Crippen molar-refractivity contribution in [2.75, 3.05) is 13.7 Å². The van der Waals surface area contributed by atoms with Gasteiger partial charge in [-0.3, -0.25) is 14.5 Å². The van der Waals surface area contributed by atoms with E-state index in [9.17, 15) is 19.2 Å². The predicted octanol–water partition coefficient (Wildman–Crippen LogP) is 1.39. The first kappa shape index (κ1) is 20.8. The largest absolute Gasteiger partial charge is 0.467 e. The van der Waals surface area contributed by atoms with E-state index in [1.807, 2.05) is 37.3 Å². The summed E-state index contributed by atoms with van der Waals surface area (Å²) in [6.07, 6.45) is 3.56. The third-order valence-electron chi connectivity index (χ3n) is 5.91. The molecule has 2 N–H and O–H groups in total. The lowest BCUT2D eigenvalue weighted by atomic mass is 9.73. The molecule has 1 saturated heterocycles. The fourth-order valence-electron chi connectivity index (χ4n) is 4.21. The van der Waals surface area contributed by atoms with Crippen molar-refractivity contribution in [3.05, 3.63) is 35.9 Å². The number of carbonyl (C=O) groups is 4. The smallest absolute Gasteiger partial charge is 0.328 e. The molecule has 3 atom stereocenters. The van der Waals surface area contributed by atoms with Crippen molar-refractivity contribution in [2.24, 2.45) is 5.92 Å². The zero-order chi connectivity index (χ0) is 21.0. The molecule has 29 heavy (non-hydrogen) atoms. The van der Waals surface area contributed by atoms with Crippen LogP contribution in [0, 0.1) is 5.92 Å². The number of imide groups is 1. The van der Waals surface area contributed by atoms with E-state index in [1.165, 1.54) is 7.11 Å². The van der Waals surface area contributed by atoms with Crippen LogP contribution in [0.4, 0.5) is 4.79 Å². The standard InChI is InChI=1S/C21H27N3O5/c1-14-8-6-7-11-21(14)19(27)24(20(28)23-21)13-17(25)22-16(18(26)29-2)12-15-9-4-3-5-10-15/h3-5,9-10,14,16H,6-8,11-13H2,1-2H3,(H,22,25)(H,23,28)/t14-,16-,21-/m0/s1. The molecule has 3 rings (SSSR count). The number of methoxy groups -OCH3 is 1. The van der Waals surface area contributed by atoms with Gasteiger partial charge in [-0.15, -0.1) is 0 Å². The number of hydrogen-bond donors (Lipinski definition) is 2. The molecule has 1 saturated carbocycles. The van der Waals surface area contributed by atoms with Gasteiger partial charge >= 0.3 is 12.0 Å². The zero-order valence-corrected chi connectivity index (χ0v) is 16.8. The third kappa shape index (κ3) is 4.26. The number of amides is 4. The molecule has 8 nitrogen and oxygen atoms in total. The first-order chi connectivity index (χ1) is 13.9. The Kier molecular flexibility index (Phi) is 6.20. The summed E-state index contributed by atoms with van der Waals surface area (Å²) in [7, 11) is 1.25. The summed E-state index contributed by atoms with van der Waals surface area (Å²) >= 11 is 0. The van der Waals surface area contributed by atoms with Crippen molar-refractivity contribution in [1.29, 1.82) is 0 Å². The molecule has 1 aromatic rings. The van der Waals surface area contributed by atoms with E-state index in [2.05, 4.69) is 10.6 Å². The van der Waals surface area contributed by atoms with E-state index in [0.29, 0.717) is 6.42 Å². The first-order valence-electron chi connectivity index (χ1n) is 9.92. The maximum Gasteiger partial charge on any atom is 0.328 e. The van der Waals surface area contributed by atoms with Crippen LogP contribution in [-0.2, 0) is 25.5 Å². The van der Waals surface area contributed by atoms with E-state index < -0.39 is 36.0 Å². The van der Waals surface area contributed by atoms with Gasteiger partial charge in [0, 0.05) is 6.42 Å². The van der Waals surface area contributed by atoms with Gasteiger partial charge in [0.25, 0.3) is 5.91 Å². The summed E-state index contributed by atoms with van der Waals surface area (Å²) in [5, 5.41) is 5.42. The maximum atomic E-state index is 13.0. The lowest BCUT2D eigenvalue weighted by Crippen LogP contribution is -2.54. The fraction of sp³-hybridized carbons (Fsp3) is 0.524. The quantitative estimate of drug-likeness (QED) is 0.554. The molecule has 2 fully saturated rings. The fourth-order valence-corrected chi connectivity index (χ4v) is 4.21. The van der Waals surface area contributed by atoms with Gasteiger partial charge in [0.1, 0.15) is 18.1 Å². The minimum Gasteiger partial charge on any atom is -0.467 e. The third-order valence-corrected chi connectivity index (χ3v) is 5.91. The molecule has 1 spiro atoms. The molecule has 0 bridgehead atoms. The number of urea groups is 1. The Morgan fingerprint density at radius 1 is 1.28 bits per heavy atom. The minimum atomic E-state index is -0.915. The second-order valence-electron chi connectivity index (χ2n) is 7.77. The number of ether oxygens (including phenoxy) is 1. The SMILES string of the molecule is COC(=O)[C@H](Cc1ccccc1)NC(=O)CN1C(=O)N[C@]2(CCCC[C@@H]2C)C1=O. The van der Waals surface area contributed by atoms with Crippen LogP contribution >= 0.6 is 0 Å². The van der Waals surface area contributed by atoms with Gasteiger partial charge in [-0.1, -0.05) is 50.1 Å². The van der Waals surface area contributed by atoms with Crippen LogP contribution in [0.15, 0.2) is 30.3 Å². The van der Waals surface area contributed by atoms with E-state index in [-0.39, 0.29) is 18.2 Å². The molecule has 1 aliphatic carbocycles. The van der Waals surface area contributed by atoms with Gasteiger partial charge in [-0.05, 0) is 24.3 Å². The molecule has 156 valence electrons. The highest BCUT2D eigenvalue weighted by Crippen LogP contribution is 2.38. The van der Waals surface area contributed by atoms with Crippen LogP contribution in [0.25, 0.3) is 0 Å². The lowest BCUT2D eigenvalue weighted by Gasteiger charge is -2.36. The Balaban J connectivity index is 1.67. The van der Waals surface area contributed by atoms with Crippen molar-refractivity contribution in [1.82, 2.24) is 15.5 Å². The highest BCUT2D eigenvalue weighted by Gasteiger charge is 2.55. The van der Waals surface area contributed by atoms with Gasteiger partial charge in [-0.25, -0.2) is 9.59 Å². The highest BCUT2D eigenvalue weighted by atomic mass is 16.5. The molecule has 0 radical (unpaired) electrons. The van der Waals surface area contributed by atoms with Crippen LogP contribution in [0.2, 0.25) is 0 Å². The van der Waals surface area contributed by atoms with E-state index >= 15 is 0 Å². The first-order valence-corrected chi connectivity index (χ1v) is 9.92. The Morgan fingerprint density at radius 2 is 2.00 bits per heavy atom.